The van der Waals surface area contributed by atoms with Crippen molar-refractivity contribution in [3.8, 4) is 0 Å². The Balaban J connectivity index is 2.78. The predicted octanol–water partition coefficient (Wildman–Crippen LogP) is -0.422. The van der Waals surface area contributed by atoms with E-state index in [2.05, 4.69) is 10.3 Å². The molecule has 3 N–H and O–H groups in total. The van der Waals surface area contributed by atoms with E-state index in [4.69, 9.17) is 5.11 Å². The fourth-order valence-electron chi connectivity index (χ4n) is 0.928. The van der Waals surface area contributed by atoms with E-state index in [0.717, 1.165) is 6.07 Å². The molecule has 0 aromatic carbocycles. The van der Waals surface area contributed by atoms with E-state index in [1.165, 1.54) is 19.2 Å². The van der Waals surface area contributed by atoms with Crippen LogP contribution in [0.4, 0.5) is 0 Å². The Bertz CT molecular complexity index is 438. The highest BCUT2D eigenvalue weighted by atomic mass is 16.4. The van der Waals surface area contributed by atoms with Crippen LogP contribution in [0.1, 0.15) is 17.3 Å². The lowest BCUT2D eigenvalue weighted by Crippen LogP contribution is -2.38. The average Bonchev–Trinajstić information content (AvgIpc) is 2.17. The van der Waals surface area contributed by atoms with Gasteiger partial charge in [-0.05, 0) is 13.0 Å². The maximum atomic E-state index is 11.4. The lowest BCUT2D eigenvalue weighted by Gasteiger charge is -2.08. The molecule has 1 heterocycles. The highest BCUT2D eigenvalue weighted by Crippen LogP contribution is 1.94. The number of nitrogens with one attached hydrogen (secondary N) is 2. The molecule has 0 fully saturated rings. The Morgan fingerprint density at radius 1 is 1.53 bits per heavy atom. The van der Waals surface area contributed by atoms with Gasteiger partial charge in [-0.3, -0.25) is 14.4 Å². The molecule has 15 heavy (non-hydrogen) atoms. The number of H-pyrrole nitrogens is 1. The Morgan fingerprint density at radius 2 is 2.20 bits per heavy atom. The van der Waals surface area contributed by atoms with Gasteiger partial charge in [-0.25, -0.2) is 0 Å². The van der Waals surface area contributed by atoms with Crippen LogP contribution in [0.15, 0.2) is 23.1 Å². The third kappa shape index (κ3) is 2.94. The van der Waals surface area contributed by atoms with Gasteiger partial charge >= 0.3 is 5.97 Å². The minimum absolute atomic E-state index is 0.131. The smallest absolute Gasteiger partial charge is 0.325 e. The van der Waals surface area contributed by atoms with Gasteiger partial charge in [-0.1, -0.05) is 0 Å². The van der Waals surface area contributed by atoms with Crippen molar-refractivity contribution in [1.29, 1.82) is 0 Å². The van der Waals surface area contributed by atoms with Crippen molar-refractivity contribution in [2.24, 2.45) is 0 Å². The number of carbonyl (C=O) groups is 2. The number of rotatable bonds is 3. The van der Waals surface area contributed by atoms with Crippen LogP contribution in [-0.2, 0) is 4.79 Å². The standard InChI is InChI=1S/C9H10N2O4/c1-5(9(14)15)11-8(13)6-2-3-10-7(12)4-6/h2-5H,1H3,(H,10,12)(H,11,13)(H,14,15). The van der Waals surface area contributed by atoms with E-state index < -0.39 is 23.5 Å². The third-order valence-corrected chi connectivity index (χ3v) is 1.76. The van der Waals surface area contributed by atoms with Gasteiger partial charge in [0.1, 0.15) is 6.04 Å². The van der Waals surface area contributed by atoms with Crippen molar-refractivity contribution in [2.45, 2.75) is 13.0 Å². The van der Waals surface area contributed by atoms with Crippen LogP contribution in [0.25, 0.3) is 0 Å². The number of pyridine rings is 1. The topological polar surface area (TPSA) is 99.3 Å². The summed E-state index contributed by atoms with van der Waals surface area (Å²) in [4.78, 5) is 35.0. The molecule has 1 atom stereocenters. The van der Waals surface area contributed by atoms with Gasteiger partial charge in [0.05, 0.1) is 0 Å². The van der Waals surface area contributed by atoms with Crippen molar-refractivity contribution < 1.29 is 14.7 Å². The predicted molar refractivity (Wildman–Crippen MR) is 51.6 cm³/mol. The molecule has 1 unspecified atom stereocenters. The van der Waals surface area contributed by atoms with E-state index >= 15 is 0 Å². The fraction of sp³-hybridized carbons (Fsp3) is 0.222. The summed E-state index contributed by atoms with van der Waals surface area (Å²) >= 11 is 0. The van der Waals surface area contributed by atoms with E-state index in [-0.39, 0.29) is 5.56 Å². The van der Waals surface area contributed by atoms with Gasteiger partial charge in [-0.2, -0.15) is 0 Å². The van der Waals surface area contributed by atoms with Crippen LogP contribution < -0.4 is 10.9 Å². The summed E-state index contributed by atoms with van der Waals surface area (Å²) in [5.41, 5.74) is -0.280. The summed E-state index contributed by atoms with van der Waals surface area (Å²) in [6.45, 7) is 1.34. The number of hydrogen-bond donors (Lipinski definition) is 3. The maximum absolute atomic E-state index is 11.4. The molecule has 0 saturated heterocycles. The van der Waals surface area contributed by atoms with Crippen molar-refractivity contribution in [2.75, 3.05) is 0 Å². The van der Waals surface area contributed by atoms with Gasteiger partial charge in [-0.15, -0.1) is 0 Å². The molecule has 1 aromatic rings. The molecule has 0 aliphatic carbocycles. The first-order valence-corrected chi connectivity index (χ1v) is 4.23. The Morgan fingerprint density at radius 3 is 2.73 bits per heavy atom. The minimum atomic E-state index is -1.13. The molecular formula is C9H10N2O4. The van der Waals surface area contributed by atoms with Crippen LogP contribution in [0.5, 0.6) is 0 Å². The maximum Gasteiger partial charge on any atom is 0.325 e. The van der Waals surface area contributed by atoms with E-state index in [1.807, 2.05) is 0 Å². The SMILES string of the molecule is CC(NC(=O)c1cc[nH]c(=O)c1)C(=O)O. The number of hydrogen-bond acceptors (Lipinski definition) is 3. The van der Waals surface area contributed by atoms with Gasteiger partial charge in [0.2, 0.25) is 5.56 Å². The zero-order valence-corrected chi connectivity index (χ0v) is 7.98. The van der Waals surface area contributed by atoms with E-state index in [0.29, 0.717) is 0 Å². The summed E-state index contributed by atoms with van der Waals surface area (Å²) in [7, 11) is 0. The van der Waals surface area contributed by atoms with Crippen LogP contribution in [0, 0.1) is 0 Å². The second-order valence-corrected chi connectivity index (χ2v) is 2.97. The van der Waals surface area contributed by atoms with Crippen LogP contribution in [0.2, 0.25) is 0 Å². The number of aliphatic carboxylic acids is 1. The first-order chi connectivity index (χ1) is 7.00. The molecule has 6 heteroatoms. The molecule has 0 bridgehead atoms. The molecule has 1 aromatic heterocycles. The number of aromatic amines is 1. The number of carbonyl (C=O) groups excluding carboxylic acids is 1. The zero-order chi connectivity index (χ0) is 11.4. The summed E-state index contributed by atoms with van der Waals surface area (Å²) in [6, 6.07) is 1.51. The molecule has 0 spiro atoms. The number of amides is 1. The van der Waals surface area contributed by atoms with Gasteiger partial charge in [0, 0.05) is 17.8 Å². The summed E-state index contributed by atoms with van der Waals surface area (Å²) in [6.07, 6.45) is 1.32. The molecule has 0 aliphatic rings. The second kappa shape index (κ2) is 4.41. The van der Waals surface area contributed by atoms with Gasteiger partial charge in [0.25, 0.3) is 5.91 Å². The van der Waals surface area contributed by atoms with Gasteiger partial charge < -0.3 is 15.4 Å². The van der Waals surface area contributed by atoms with Crippen LogP contribution >= 0.6 is 0 Å². The van der Waals surface area contributed by atoms with Crippen molar-refractivity contribution in [3.05, 3.63) is 34.2 Å². The van der Waals surface area contributed by atoms with Crippen LogP contribution in [0.3, 0.4) is 0 Å². The molecule has 0 radical (unpaired) electrons. The molecule has 0 aliphatic heterocycles. The largest absolute Gasteiger partial charge is 0.480 e. The van der Waals surface area contributed by atoms with Crippen LogP contribution in [-0.4, -0.2) is 28.0 Å². The minimum Gasteiger partial charge on any atom is -0.480 e. The number of carboxylic acids is 1. The lowest BCUT2D eigenvalue weighted by atomic mass is 10.2. The Labute approximate surface area is 84.9 Å². The Hall–Kier alpha value is -2.11. The number of carboxylic acid groups (broad SMARTS) is 1. The summed E-state index contributed by atoms with van der Waals surface area (Å²) < 4.78 is 0. The van der Waals surface area contributed by atoms with Crippen molar-refractivity contribution in [3.63, 3.8) is 0 Å². The molecule has 80 valence electrons. The highest BCUT2D eigenvalue weighted by molar-refractivity contribution is 5.96. The fourth-order valence-corrected chi connectivity index (χ4v) is 0.928. The quantitative estimate of drug-likeness (QED) is 0.630. The summed E-state index contributed by atoms with van der Waals surface area (Å²) in [5.74, 6) is -1.72. The molecular weight excluding hydrogens is 200 g/mol. The second-order valence-electron chi connectivity index (χ2n) is 2.97. The zero-order valence-electron chi connectivity index (χ0n) is 7.98. The average molecular weight is 210 g/mol. The molecule has 0 saturated carbocycles. The highest BCUT2D eigenvalue weighted by Gasteiger charge is 2.15. The monoisotopic (exact) mass is 210 g/mol. The lowest BCUT2D eigenvalue weighted by molar-refractivity contribution is -0.138. The molecule has 1 amide bonds. The van der Waals surface area contributed by atoms with Crippen molar-refractivity contribution >= 4 is 11.9 Å². The molecule has 6 nitrogen and oxygen atoms in total. The first-order valence-electron chi connectivity index (χ1n) is 4.23. The molecule has 1 rings (SSSR count). The Kier molecular flexibility index (Phi) is 3.22. The van der Waals surface area contributed by atoms with E-state index in [1.54, 1.807) is 0 Å². The normalized spacial score (nSPS) is 11.8. The van der Waals surface area contributed by atoms with E-state index in [9.17, 15) is 14.4 Å². The summed E-state index contributed by atoms with van der Waals surface area (Å²) in [5, 5.41) is 10.8. The first kappa shape index (κ1) is 11.0. The van der Waals surface area contributed by atoms with Crippen molar-refractivity contribution in [1.82, 2.24) is 10.3 Å². The van der Waals surface area contributed by atoms with Gasteiger partial charge in [0.15, 0.2) is 0 Å². The third-order valence-electron chi connectivity index (χ3n) is 1.76. The number of aromatic nitrogens is 1.